The van der Waals surface area contributed by atoms with Crippen LogP contribution < -0.4 is 11.1 Å². The first-order chi connectivity index (χ1) is 12.5. The Hall–Kier alpha value is -2.91. The minimum atomic E-state index is -0.506. The van der Waals surface area contributed by atoms with Crippen LogP contribution in [0.1, 0.15) is 0 Å². The summed E-state index contributed by atoms with van der Waals surface area (Å²) in [4.78, 5) is 26.8. The summed E-state index contributed by atoms with van der Waals surface area (Å²) in [6.07, 6.45) is 0. The van der Waals surface area contributed by atoms with Crippen LogP contribution in [0.25, 0.3) is 11.3 Å². The summed E-state index contributed by atoms with van der Waals surface area (Å²) in [6.45, 7) is 0. The molecule has 1 heterocycles. The van der Waals surface area contributed by atoms with Crippen molar-refractivity contribution in [3.05, 3.63) is 64.7 Å². The van der Waals surface area contributed by atoms with E-state index >= 15 is 0 Å². The van der Waals surface area contributed by atoms with Gasteiger partial charge in [0, 0.05) is 23.4 Å². The van der Waals surface area contributed by atoms with Crippen LogP contribution >= 0.6 is 23.1 Å². The molecule has 2 aromatic carbocycles. The molecule has 0 aliphatic carbocycles. The maximum absolute atomic E-state index is 12.1. The molecule has 0 unspecified atom stereocenters. The van der Waals surface area contributed by atoms with Gasteiger partial charge in [0.25, 0.3) is 5.69 Å². The molecule has 3 aromatic rings. The minimum absolute atomic E-state index is 0.0735. The first kappa shape index (κ1) is 17.9. The van der Waals surface area contributed by atoms with E-state index in [9.17, 15) is 14.9 Å². The third-order valence-electron chi connectivity index (χ3n) is 3.35. The number of nitro groups is 1. The molecular formula is C17H14N4O3S2. The summed E-state index contributed by atoms with van der Waals surface area (Å²) in [5.41, 5.74) is 7.97. The standard InChI is InChI=1S/C17H14N4O3S2/c18-16-15(11-5-2-1-3-6-11)20-17(26-16)25-10-14(22)19-12-7-4-8-13(9-12)21(23)24/h1-9H,10,18H2,(H,19,22). The number of anilines is 2. The predicted octanol–water partition coefficient (Wildman–Crippen LogP) is 4.03. The average Bonchev–Trinajstić information content (AvgIpc) is 3.02. The van der Waals surface area contributed by atoms with Gasteiger partial charge in [-0.2, -0.15) is 0 Å². The monoisotopic (exact) mass is 386 g/mol. The summed E-state index contributed by atoms with van der Waals surface area (Å²) >= 11 is 2.59. The van der Waals surface area contributed by atoms with Crippen molar-refractivity contribution < 1.29 is 9.72 Å². The van der Waals surface area contributed by atoms with E-state index in [2.05, 4.69) is 10.3 Å². The Morgan fingerprint density at radius 2 is 2.00 bits per heavy atom. The number of thioether (sulfide) groups is 1. The normalized spacial score (nSPS) is 10.5. The molecular weight excluding hydrogens is 372 g/mol. The number of carbonyl (C=O) groups is 1. The van der Waals surface area contributed by atoms with Gasteiger partial charge in [-0.3, -0.25) is 14.9 Å². The van der Waals surface area contributed by atoms with Crippen molar-refractivity contribution in [2.75, 3.05) is 16.8 Å². The number of nitrogen functional groups attached to an aromatic ring is 1. The highest BCUT2D eigenvalue weighted by Gasteiger charge is 2.13. The fourth-order valence-corrected chi connectivity index (χ4v) is 3.95. The largest absolute Gasteiger partial charge is 0.389 e. The number of amides is 1. The molecule has 0 radical (unpaired) electrons. The van der Waals surface area contributed by atoms with Gasteiger partial charge >= 0.3 is 0 Å². The lowest BCUT2D eigenvalue weighted by atomic mass is 10.2. The highest BCUT2D eigenvalue weighted by molar-refractivity contribution is 8.01. The van der Waals surface area contributed by atoms with Crippen LogP contribution in [0, 0.1) is 10.1 Å². The van der Waals surface area contributed by atoms with Gasteiger partial charge in [-0.1, -0.05) is 59.5 Å². The van der Waals surface area contributed by atoms with Crippen LogP contribution in [0.5, 0.6) is 0 Å². The lowest BCUT2D eigenvalue weighted by Gasteiger charge is -2.03. The molecule has 0 saturated carbocycles. The third kappa shape index (κ3) is 4.38. The Bertz CT molecular complexity index is 944. The van der Waals surface area contributed by atoms with Crippen molar-refractivity contribution in [2.24, 2.45) is 0 Å². The lowest BCUT2D eigenvalue weighted by Crippen LogP contribution is -2.14. The van der Waals surface area contributed by atoms with Crippen molar-refractivity contribution in [1.82, 2.24) is 4.98 Å². The molecule has 0 saturated heterocycles. The average molecular weight is 386 g/mol. The van der Waals surface area contributed by atoms with E-state index in [0.717, 1.165) is 5.56 Å². The smallest absolute Gasteiger partial charge is 0.271 e. The van der Waals surface area contributed by atoms with Crippen molar-refractivity contribution in [3.63, 3.8) is 0 Å². The predicted molar refractivity (Wildman–Crippen MR) is 104 cm³/mol. The van der Waals surface area contributed by atoms with Gasteiger partial charge in [0.1, 0.15) is 10.7 Å². The van der Waals surface area contributed by atoms with Crippen LogP contribution in [0.2, 0.25) is 0 Å². The first-order valence-corrected chi connectivity index (χ1v) is 9.32. The second-order valence-electron chi connectivity index (χ2n) is 5.20. The van der Waals surface area contributed by atoms with Crippen molar-refractivity contribution in [3.8, 4) is 11.3 Å². The molecule has 1 amide bonds. The molecule has 1 aromatic heterocycles. The van der Waals surface area contributed by atoms with Crippen LogP contribution in [-0.2, 0) is 4.79 Å². The fraction of sp³-hybridized carbons (Fsp3) is 0.0588. The van der Waals surface area contributed by atoms with Crippen LogP contribution in [0.4, 0.5) is 16.4 Å². The SMILES string of the molecule is Nc1sc(SCC(=O)Nc2cccc([N+](=O)[O-])c2)nc1-c1ccccc1. The van der Waals surface area contributed by atoms with Gasteiger partial charge in [0.15, 0.2) is 4.34 Å². The summed E-state index contributed by atoms with van der Waals surface area (Å²) in [6, 6.07) is 15.4. The topological polar surface area (TPSA) is 111 Å². The number of nitrogens with zero attached hydrogens (tertiary/aromatic N) is 2. The number of nitro benzene ring substituents is 1. The van der Waals surface area contributed by atoms with Crippen molar-refractivity contribution in [1.29, 1.82) is 0 Å². The van der Waals surface area contributed by atoms with Gasteiger partial charge in [0.2, 0.25) is 5.91 Å². The Labute approximate surface area is 157 Å². The molecule has 0 aliphatic rings. The molecule has 26 heavy (non-hydrogen) atoms. The Morgan fingerprint density at radius 1 is 1.23 bits per heavy atom. The number of non-ortho nitro benzene ring substituents is 1. The van der Waals surface area contributed by atoms with E-state index in [1.165, 1.54) is 41.3 Å². The van der Waals surface area contributed by atoms with E-state index in [1.54, 1.807) is 6.07 Å². The van der Waals surface area contributed by atoms with E-state index in [0.29, 0.717) is 20.7 Å². The number of rotatable bonds is 6. The molecule has 7 nitrogen and oxygen atoms in total. The van der Waals surface area contributed by atoms with E-state index in [-0.39, 0.29) is 17.3 Å². The first-order valence-electron chi connectivity index (χ1n) is 7.52. The molecule has 3 rings (SSSR count). The van der Waals surface area contributed by atoms with Crippen molar-refractivity contribution in [2.45, 2.75) is 4.34 Å². The zero-order valence-corrected chi connectivity index (χ0v) is 15.0. The van der Waals surface area contributed by atoms with Crippen molar-refractivity contribution >= 4 is 45.4 Å². The fourth-order valence-electron chi connectivity index (χ4n) is 2.20. The number of nitrogens with one attached hydrogen (secondary N) is 1. The lowest BCUT2D eigenvalue weighted by molar-refractivity contribution is -0.384. The number of nitrogens with two attached hydrogens (primary N) is 1. The van der Waals surface area contributed by atoms with Gasteiger partial charge in [-0.25, -0.2) is 4.98 Å². The Kier molecular flexibility index (Phi) is 5.49. The number of benzene rings is 2. The number of aromatic nitrogens is 1. The van der Waals surface area contributed by atoms with Gasteiger partial charge in [0.05, 0.1) is 10.7 Å². The molecule has 0 fully saturated rings. The number of hydrogen-bond donors (Lipinski definition) is 2. The highest BCUT2D eigenvalue weighted by atomic mass is 32.2. The van der Waals surface area contributed by atoms with E-state index in [4.69, 9.17) is 5.73 Å². The second kappa shape index (κ2) is 7.98. The zero-order valence-electron chi connectivity index (χ0n) is 13.4. The zero-order chi connectivity index (χ0) is 18.5. The van der Waals surface area contributed by atoms with Gasteiger partial charge < -0.3 is 11.1 Å². The molecule has 0 atom stereocenters. The third-order valence-corrected chi connectivity index (χ3v) is 5.38. The van der Waals surface area contributed by atoms with Crippen LogP contribution in [0.3, 0.4) is 0 Å². The number of hydrogen-bond acceptors (Lipinski definition) is 7. The molecule has 0 bridgehead atoms. The summed E-state index contributed by atoms with van der Waals surface area (Å²) in [5, 5.41) is 14.0. The number of carbonyl (C=O) groups excluding carboxylic acids is 1. The molecule has 132 valence electrons. The van der Waals surface area contributed by atoms with Crippen LogP contribution in [-0.4, -0.2) is 21.6 Å². The van der Waals surface area contributed by atoms with Crippen LogP contribution in [0.15, 0.2) is 58.9 Å². The maximum atomic E-state index is 12.1. The minimum Gasteiger partial charge on any atom is -0.389 e. The molecule has 9 heteroatoms. The quantitative estimate of drug-likeness (QED) is 0.376. The molecule has 0 aliphatic heterocycles. The summed E-state index contributed by atoms with van der Waals surface area (Å²) in [5.74, 6) is -0.144. The summed E-state index contributed by atoms with van der Waals surface area (Å²) in [7, 11) is 0. The number of thiazole rings is 1. The van der Waals surface area contributed by atoms with E-state index < -0.39 is 4.92 Å². The van der Waals surface area contributed by atoms with Gasteiger partial charge in [-0.15, -0.1) is 0 Å². The Morgan fingerprint density at radius 3 is 2.73 bits per heavy atom. The van der Waals surface area contributed by atoms with Gasteiger partial charge in [-0.05, 0) is 6.07 Å². The van der Waals surface area contributed by atoms with E-state index in [1.807, 2.05) is 30.3 Å². The summed E-state index contributed by atoms with van der Waals surface area (Å²) < 4.78 is 0.690. The molecule has 0 spiro atoms. The second-order valence-corrected chi connectivity index (χ2v) is 7.46. The highest BCUT2D eigenvalue weighted by Crippen LogP contribution is 2.35. The molecule has 3 N–H and O–H groups in total. The maximum Gasteiger partial charge on any atom is 0.271 e. The Balaban J connectivity index is 1.62.